The predicted molar refractivity (Wildman–Crippen MR) is 159 cm³/mol. The number of carbonyl (C=O) groups excluding carboxylic acids is 2. The zero-order valence-corrected chi connectivity index (χ0v) is 25.5. The molecule has 2 saturated carbocycles. The van der Waals surface area contributed by atoms with E-state index in [4.69, 9.17) is 13.9 Å². The van der Waals surface area contributed by atoms with E-state index >= 15 is 0 Å². The number of hydrogen-bond acceptors (Lipinski definition) is 11. The maximum absolute atomic E-state index is 13.5. The number of imide groups is 1. The highest BCUT2D eigenvalue weighted by Crippen LogP contribution is 2.59. The van der Waals surface area contributed by atoms with Crippen LogP contribution in [0, 0.1) is 0 Å². The Bertz CT molecular complexity index is 2110. The second-order valence-electron chi connectivity index (χ2n) is 12.5. The summed E-state index contributed by atoms with van der Waals surface area (Å²) < 4.78 is 57.5. The van der Waals surface area contributed by atoms with E-state index in [2.05, 4.69) is 36.1 Å². The van der Waals surface area contributed by atoms with Crippen LogP contribution >= 0.6 is 0 Å². The molecule has 4 amide bonds. The lowest BCUT2D eigenvalue weighted by Crippen LogP contribution is -2.40. The van der Waals surface area contributed by atoms with E-state index in [0.29, 0.717) is 21.7 Å². The largest absolute Gasteiger partial charge is 0.464 e. The van der Waals surface area contributed by atoms with Crippen LogP contribution in [-0.4, -0.2) is 65.1 Å². The van der Waals surface area contributed by atoms with Gasteiger partial charge in [0.05, 0.1) is 11.1 Å². The smallest absolute Gasteiger partial charge is 0.425 e. The van der Waals surface area contributed by atoms with Crippen molar-refractivity contribution in [3.05, 3.63) is 36.5 Å². The number of nitrogens with zero attached hydrogens (tertiary/aromatic N) is 7. The van der Waals surface area contributed by atoms with E-state index in [1.54, 1.807) is 33.0 Å². The van der Waals surface area contributed by atoms with Crippen LogP contribution in [-0.2, 0) is 10.2 Å². The number of hydrogen-bond donors (Lipinski definition) is 3. The molecule has 16 nitrogen and oxygen atoms in total. The van der Waals surface area contributed by atoms with Gasteiger partial charge < -0.3 is 24.3 Å². The molecule has 0 saturated heterocycles. The van der Waals surface area contributed by atoms with Crippen LogP contribution in [0.15, 0.2) is 39.9 Å². The molecule has 250 valence electrons. The minimum Gasteiger partial charge on any atom is -0.464 e. The summed E-state index contributed by atoms with van der Waals surface area (Å²) in [5.41, 5.74) is -1.61. The SMILES string of the molecule is CC(C)(C)OC(=O)N(C(=O)O)c1ncnc2c1c(-c1ccc(NC(=O)Nc3cc(C4(C(F)(F)F)CC4)on3)c3nonc13)cn2C1CC1. The van der Waals surface area contributed by atoms with Gasteiger partial charge in [0, 0.05) is 29.4 Å². The summed E-state index contributed by atoms with van der Waals surface area (Å²) in [5, 5.41) is 26.7. The van der Waals surface area contributed by atoms with Gasteiger partial charge >= 0.3 is 24.4 Å². The molecule has 0 aliphatic heterocycles. The standard InChI is InChI=1S/C29H26F3N9O7/c1-27(2,3)46-26(45)41(25(43)44)23-19-15(11-40(13-4-5-13)22(19)33-12-34-23)14-6-7-16(21-20(14)38-48-39-21)35-24(42)36-18-10-17(47-37-18)28(8-9-28)29(30,31)32/h6-7,10-13H,4-5,8-9H2,1-3H3,(H,43,44)(H2,35,36,37,42). The van der Waals surface area contributed by atoms with E-state index < -0.39 is 35.4 Å². The van der Waals surface area contributed by atoms with Crippen LogP contribution in [0.3, 0.4) is 0 Å². The van der Waals surface area contributed by atoms with Crippen LogP contribution in [0.4, 0.5) is 44.9 Å². The number of nitrogens with one attached hydrogen (secondary N) is 2. The Balaban J connectivity index is 1.24. The molecule has 0 bridgehead atoms. The van der Waals surface area contributed by atoms with Crippen LogP contribution < -0.4 is 15.5 Å². The molecule has 2 fully saturated rings. The fourth-order valence-electron chi connectivity index (χ4n) is 5.45. The second kappa shape index (κ2) is 10.6. The van der Waals surface area contributed by atoms with E-state index in [-0.39, 0.29) is 58.4 Å². The van der Waals surface area contributed by atoms with Gasteiger partial charge in [-0.05, 0) is 68.9 Å². The number of amides is 4. The van der Waals surface area contributed by atoms with Crippen LogP contribution in [0.5, 0.6) is 0 Å². The van der Waals surface area contributed by atoms with Gasteiger partial charge in [-0.25, -0.2) is 29.0 Å². The van der Waals surface area contributed by atoms with Crippen LogP contribution in [0.2, 0.25) is 0 Å². The van der Waals surface area contributed by atoms with Crippen molar-refractivity contribution in [1.29, 1.82) is 0 Å². The van der Waals surface area contributed by atoms with Gasteiger partial charge in [0.15, 0.2) is 22.9 Å². The Morgan fingerprint density at radius 1 is 1.04 bits per heavy atom. The van der Waals surface area contributed by atoms with Crippen molar-refractivity contribution < 1.29 is 46.6 Å². The number of anilines is 3. The van der Waals surface area contributed by atoms with E-state index in [1.165, 1.54) is 6.07 Å². The first kappa shape index (κ1) is 30.9. The fraction of sp³-hybridized carbons (Fsp3) is 0.379. The third-order valence-electron chi connectivity index (χ3n) is 7.98. The molecule has 5 aromatic rings. The summed E-state index contributed by atoms with van der Waals surface area (Å²) in [6, 6.07) is 3.29. The first-order valence-corrected chi connectivity index (χ1v) is 14.7. The Hall–Kier alpha value is -5.75. The van der Waals surface area contributed by atoms with Gasteiger partial charge in [-0.3, -0.25) is 5.32 Å². The maximum Gasteiger partial charge on any atom is 0.425 e. The number of aromatic nitrogens is 6. The van der Waals surface area contributed by atoms with E-state index in [9.17, 15) is 32.7 Å². The topological polar surface area (TPSA) is 204 Å². The fourth-order valence-corrected chi connectivity index (χ4v) is 5.45. The van der Waals surface area contributed by atoms with Crippen LogP contribution in [0.25, 0.3) is 33.2 Å². The molecule has 3 N–H and O–H groups in total. The van der Waals surface area contributed by atoms with Crippen molar-refractivity contribution in [2.75, 3.05) is 15.5 Å². The summed E-state index contributed by atoms with van der Waals surface area (Å²) in [6.07, 6.45) is -2.98. The minimum atomic E-state index is -4.52. The monoisotopic (exact) mass is 669 g/mol. The first-order valence-electron chi connectivity index (χ1n) is 14.7. The lowest BCUT2D eigenvalue weighted by Gasteiger charge is -2.24. The second-order valence-corrected chi connectivity index (χ2v) is 12.5. The summed E-state index contributed by atoms with van der Waals surface area (Å²) in [4.78, 5) is 47.4. The molecular weight excluding hydrogens is 643 g/mol. The van der Waals surface area contributed by atoms with Gasteiger partial charge in [0.25, 0.3) is 0 Å². The van der Waals surface area contributed by atoms with Gasteiger partial charge in [-0.1, -0.05) is 5.16 Å². The maximum atomic E-state index is 13.5. The molecule has 0 spiro atoms. The zero-order valence-electron chi connectivity index (χ0n) is 25.5. The van der Waals surface area contributed by atoms with Crippen molar-refractivity contribution >= 4 is 57.6 Å². The normalized spacial score (nSPS) is 15.8. The number of fused-ring (bicyclic) bond motifs is 2. The molecule has 2 aliphatic rings. The highest BCUT2D eigenvalue weighted by Gasteiger charge is 2.67. The summed E-state index contributed by atoms with van der Waals surface area (Å²) in [5.74, 6) is -0.857. The molecule has 19 heteroatoms. The molecular formula is C29H26F3N9O7. The lowest BCUT2D eigenvalue weighted by atomic mass is 10.0. The number of carbonyl (C=O) groups is 3. The van der Waals surface area contributed by atoms with Crippen molar-refractivity contribution in [1.82, 2.24) is 30.0 Å². The Labute approximate surface area is 267 Å². The Morgan fingerprint density at radius 2 is 1.77 bits per heavy atom. The molecule has 48 heavy (non-hydrogen) atoms. The average Bonchev–Trinajstić information content (AvgIpc) is 3.86. The molecule has 2 aliphatic carbocycles. The Kier molecular flexibility index (Phi) is 6.85. The predicted octanol–water partition coefficient (Wildman–Crippen LogP) is 6.61. The number of alkyl halides is 3. The van der Waals surface area contributed by atoms with Gasteiger partial charge in [0.2, 0.25) is 0 Å². The molecule has 1 aromatic carbocycles. The number of rotatable bonds is 6. The minimum absolute atomic E-state index is 0.0716. The van der Waals surface area contributed by atoms with Crippen molar-refractivity contribution in [2.45, 2.75) is 69.7 Å². The number of benzene rings is 1. The molecule has 0 radical (unpaired) electrons. The highest BCUT2D eigenvalue weighted by atomic mass is 19.4. The third-order valence-corrected chi connectivity index (χ3v) is 7.98. The van der Waals surface area contributed by atoms with Crippen molar-refractivity contribution in [2.24, 2.45) is 0 Å². The van der Waals surface area contributed by atoms with Gasteiger partial charge in [0.1, 0.15) is 28.5 Å². The van der Waals surface area contributed by atoms with E-state index in [0.717, 1.165) is 25.2 Å². The number of ether oxygens (including phenoxy) is 1. The Morgan fingerprint density at radius 3 is 2.42 bits per heavy atom. The van der Waals surface area contributed by atoms with Crippen molar-refractivity contribution in [3.8, 4) is 11.1 Å². The summed E-state index contributed by atoms with van der Waals surface area (Å²) >= 11 is 0. The van der Waals surface area contributed by atoms with Gasteiger partial charge in [-0.15, -0.1) is 0 Å². The lowest BCUT2D eigenvalue weighted by molar-refractivity contribution is -0.165. The number of urea groups is 1. The zero-order chi connectivity index (χ0) is 34.2. The molecule has 4 heterocycles. The van der Waals surface area contributed by atoms with Gasteiger partial charge in [-0.2, -0.15) is 18.1 Å². The average molecular weight is 670 g/mol. The van der Waals surface area contributed by atoms with Crippen molar-refractivity contribution in [3.63, 3.8) is 0 Å². The molecule has 4 aromatic heterocycles. The molecule has 7 rings (SSSR count). The molecule has 0 atom stereocenters. The third kappa shape index (κ3) is 5.29. The van der Waals surface area contributed by atoms with E-state index in [1.807, 2.05) is 4.57 Å². The van der Waals surface area contributed by atoms with Crippen LogP contribution in [0.1, 0.15) is 58.3 Å². The quantitative estimate of drug-likeness (QED) is 0.175. The molecule has 0 unspecified atom stereocenters. The first-order chi connectivity index (χ1) is 22.7. The highest BCUT2D eigenvalue weighted by molar-refractivity contribution is 6.17. The number of halogens is 3. The summed E-state index contributed by atoms with van der Waals surface area (Å²) in [7, 11) is 0. The number of carboxylic acid groups (broad SMARTS) is 1. The summed E-state index contributed by atoms with van der Waals surface area (Å²) in [6.45, 7) is 4.79.